The Balaban J connectivity index is 1.80. The monoisotopic (exact) mass is 444 g/mol. The summed E-state index contributed by atoms with van der Waals surface area (Å²) in [6, 6.07) is 11.0. The molecule has 1 fully saturated rings. The molecule has 0 aromatic heterocycles. The van der Waals surface area contributed by atoms with E-state index in [0.717, 1.165) is 18.7 Å². The molecule has 174 valence electrons. The van der Waals surface area contributed by atoms with E-state index in [2.05, 4.69) is 10.2 Å². The van der Waals surface area contributed by atoms with Crippen LogP contribution in [0.2, 0.25) is 0 Å². The molecule has 1 unspecified atom stereocenters. The highest BCUT2D eigenvalue weighted by Gasteiger charge is 2.25. The molecular weight excluding hydrogens is 412 g/mol. The maximum Gasteiger partial charge on any atom is 0.251 e. The van der Waals surface area contributed by atoms with Crippen molar-refractivity contribution in [3.05, 3.63) is 47.5 Å². The van der Waals surface area contributed by atoms with Crippen LogP contribution in [0.4, 0.5) is 0 Å². The number of hydrogen-bond acceptors (Lipinski definition) is 7. The minimum atomic E-state index is -0.174. The second kappa shape index (κ2) is 11.6. The van der Waals surface area contributed by atoms with Crippen molar-refractivity contribution in [2.45, 2.75) is 13.0 Å². The number of rotatable bonds is 10. The summed E-state index contributed by atoms with van der Waals surface area (Å²) < 4.78 is 27.3. The van der Waals surface area contributed by atoms with Crippen molar-refractivity contribution in [2.75, 3.05) is 60.8 Å². The highest BCUT2D eigenvalue weighted by atomic mass is 16.5. The molecule has 3 rings (SSSR count). The number of carbonyl (C=O) groups is 1. The number of ether oxygens (including phenoxy) is 5. The largest absolute Gasteiger partial charge is 0.493 e. The first-order valence-electron chi connectivity index (χ1n) is 10.7. The Kier molecular flexibility index (Phi) is 8.58. The quantitative estimate of drug-likeness (QED) is 0.604. The number of nitrogens with one attached hydrogen (secondary N) is 1. The van der Waals surface area contributed by atoms with Crippen molar-refractivity contribution in [2.24, 2.45) is 0 Å². The van der Waals surface area contributed by atoms with E-state index >= 15 is 0 Å². The van der Waals surface area contributed by atoms with Gasteiger partial charge in [0.15, 0.2) is 23.0 Å². The Morgan fingerprint density at radius 3 is 2.28 bits per heavy atom. The third kappa shape index (κ3) is 5.63. The minimum absolute atomic E-state index is 0.0349. The summed E-state index contributed by atoms with van der Waals surface area (Å²) >= 11 is 0. The zero-order valence-corrected chi connectivity index (χ0v) is 19.2. The molecular formula is C24H32N2O6. The van der Waals surface area contributed by atoms with Gasteiger partial charge in [-0.15, -0.1) is 0 Å². The summed E-state index contributed by atoms with van der Waals surface area (Å²) in [5.41, 5.74) is 1.55. The molecule has 1 N–H and O–H groups in total. The molecule has 1 aliphatic rings. The van der Waals surface area contributed by atoms with Gasteiger partial charge in [0.2, 0.25) is 0 Å². The van der Waals surface area contributed by atoms with Gasteiger partial charge in [-0.1, -0.05) is 6.07 Å². The van der Waals surface area contributed by atoms with Gasteiger partial charge in [0.05, 0.1) is 47.2 Å². The minimum Gasteiger partial charge on any atom is -0.493 e. The van der Waals surface area contributed by atoms with Crippen molar-refractivity contribution in [3.63, 3.8) is 0 Å². The fourth-order valence-corrected chi connectivity index (χ4v) is 3.78. The van der Waals surface area contributed by atoms with Crippen molar-refractivity contribution in [3.8, 4) is 23.0 Å². The molecule has 1 amide bonds. The molecule has 1 heterocycles. The first kappa shape index (κ1) is 23.7. The van der Waals surface area contributed by atoms with Gasteiger partial charge in [-0.25, -0.2) is 0 Å². The maximum absolute atomic E-state index is 12.9. The molecule has 0 bridgehead atoms. The number of benzene rings is 2. The standard InChI is InChI=1S/C24H32N2O6/c1-5-32-23-15-18(7-9-21(23)29-3)24(27)25-16-19(26-10-12-31-13-11-26)17-6-8-20(28-2)22(14-17)30-4/h6-9,14-15,19H,5,10-13,16H2,1-4H3,(H,25,27). The van der Waals surface area contributed by atoms with Crippen molar-refractivity contribution in [1.82, 2.24) is 10.2 Å². The van der Waals surface area contributed by atoms with E-state index in [0.29, 0.717) is 54.9 Å². The Labute approximate surface area is 189 Å². The lowest BCUT2D eigenvalue weighted by Gasteiger charge is -2.35. The van der Waals surface area contributed by atoms with Crippen molar-refractivity contribution >= 4 is 5.91 Å². The smallest absolute Gasteiger partial charge is 0.251 e. The van der Waals surface area contributed by atoms with Crippen LogP contribution in [-0.2, 0) is 4.74 Å². The van der Waals surface area contributed by atoms with Crippen LogP contribution in [0.15, 0.2) is 36.4 Å². The molecule has 1 aliphatic heterocycles. The lowest BCUT2D eigenvalue weighted by molar-refractivity contribution is 0.0162. The van der Waals surface area contributed by atoms with Gasteiger partial charge in [-0.2, -0.15) is 0 Å². The van der Waals surface area contributed by atoms with Crippen LogP contribution >= 0.6 is 0 Å². The zero-order chi connectivity index (χ0) is 22.9. The van der Waals surface area contributed by atoms with Gasteiger partial charge >= 0.3 is 0 Å². The van der Waals surface area contributed by atoms with Crippen LogP contribution in [0.25, 0.3) is 0 Å². The molecule has 8 heteroatoms. The van der Waals surface area contributed by atoms with Crippen molar-refractivity contribution in [1.29, 1.82) is 0 Å². The zero-order valence-electron chi connectivity index (χ0n) is 19.2. The number of hydrogen-bond donors (Lipinski definition) is 1. The van der Waals surface area contributed by atoms with Crippen LogP contribution in [0.1, 0.15) is 28.9 Å². The van der Waals surface area contributed by atoms with E-state index in [9.17, 15) is 4.79 Å². The molecule has 1 saturated heterocycles. The number of methoxy groups -OCH3 is 3. The van der Waals surface area contributed by atoms with E-state index in [-0.39, 0.29) is 11.9 Å². The van der Waals surface area contributed by atoms with Gasteiger partial charge in [-0.3, -0.25) is 9.69 Å². The summed E-state index contributed by atoms with van der Waals surface area (Å²) in [5, 5.41) is 3.08. The predicted octanol–water partition coefficient (Wildman–Crippen LogP) is 2.91. The first-order chi connectivity index (χ1) is 15.6. The molecule has 0 saturated carbocycles. The van der Waals surface area contributed by atoms with Crippen molar-refractivity contribution < 1.29 is 28.5 Å². The highest BCUT2D eigenvalue weighted by Crippen LogP contribution is 2.32. The fourth-order valence-electron chi connectivity index (χ4n) is 3.78. The Morgan fingerprint density at radius 1 is 0.969 bits per heavy atom. The number of morpholine rings is 1. The second-order valence-corrected chi connectivity index (χ2v) is 7.29. The molecule has 2 aromatic carbocycles. The number of nitrogens with zero attached hydrogens (tertiary/aromatic N) is 1. The summed E-state index contributed by atoms with van der Waals surface area (Å²) in [5.74, 6) is 2.30. The fraction of sp³-hybridized carbons (Fsp3) is 0.458. The molecule has 0 spiro atoms. The Hall–Kier alpha value is -2.97. The summed E-state index contributed by atoms with van der Waals surface area (Å²) in [4.78, 5) is 15.3. The van der Waals surface area contributed by atoms with E-state index in [4.69, 9.17) is 23.7 Å². The summed E-state index contributed by atoms with van der Waals surface area (Å²) in [6.45, 7) is 5.70. The number of amides is 1. The van der Waals surface area contributed by atoms with Crippen LogP contribution in [0, 0.1) is 0 Å². The topological polar surface area (TPSA) is 78.5 Å². The van der Waals surface area contributed by atoms with E-state index in [1.165, 1.54) is 0 Å². The van der Waals surface area contributed by atoms with Crippen LogP contribution in [0.5, 0.6) is 23.0 Å². The molecule has 0 radical (unpaired) electrons. The molecule has 32 heavy (non-hydrogen) atoms. The predicted molar refractivity (Wildman–Crippen MR) is 121 cm³/mol. The van der Waals surface area contributed by atoms with Gasteiger partial charge in [0, 0.05) is 25.2 Å². The average Bonchev–Trinajstić information content (AvgIpc) is 2.84. The van der Waals surface area contributed by atoms with E-state index < -0.39 is 0 Å². The molecule has 8 nitrogen and oxygen atoms in total. The Bertz CT molecular complexity index is 898. The maximum atomic E-state index is 12.9. The average molecular weight is 445 g/mol. The SMILES string of the molecule is CCOc1cc(C(=O)NCC(c2ccc(OC)c(OC)c2)N2CCOCC2)ccc1OC. The van der Waals surface area contributed by atoms with Gasteiger partial charge in [0.25, 0.3) is 5.91 Å². The molecule has 1 atom stereocenters. The second-order valence-electron chi connectivity index (χ2n) is 7.29. The van der Waals surface area contributed by atoms with Gasteiger partial charge in [0.1, 0.15) is 0 Å². The first-order valence-corrected chi connectivity index (χ1v) is 10.7. The lowest BCUT2D eigenvalue weighted by Crippen LogP contribution is -2.43. The van der Waals surface area contributed by atoms with Gasteiger partial charge in [-0.05, 0) is 42.8 Å². The normalized spacial score (nSPS) is 15.0. The molecule has 0 aliphatic carbocycles. The third-order valence-corrected chi connectivity index (χ3v) is 5.46. The Morgan fingerprint density at radius 2 is 1.62 bits per heavy atom. The lowest BCUT2D eigenvalue weighted by atomic mass is 10.0. The summed E-state index contributed by atoms with van der Waals surface area (Å²) in [6.07, 6.45) is 0. The summed E-state index contributed by atoms with van der Waals surface area (Å²) in [7, 11) is 4.81. The van der Waals surface area contributed by atoms with Crippen LogP contribution in [0.3, 0.4) is 0 Å². The molecule has 2 aromatic rings. The van der Waals surface area contributed by atoms with Crippen LogP contribution < -0.4 is 24.3 Å². The van der Waals surface area contributed by atoms with Crippen LogP contribution in [-0.4, -0.2) is 71.6 Å². The van der Waals surface area contributed by atoms with E-state index in [1.54, 1.807) is 39.5 Å². The number of carbonyl (C=O) groups excluding carboxylic acids is 1. The highest BCUT2D eigenvalue weighted by molar-refractivity contribution is 5.94. The van der Waals surface area contributed by atoms with E-state index in [1.807, 2.05) is 25.1 Å². The van der Waals surface area contributed by atoms with Gasteiger partial charge < -0.3 is 29.0 Å². The third-order valence-electron chi connectivity index (χ3n) is 5.46.